The van der Waals surface area contributed by atoms with Crippen molar-refractivity contribution >= 4 is 9.84 Å². The zero-order chi connectivity index (χ0) is 15.8. The van der Waals surface area contributed by atoms with Gasteiger partial charge in [0.15, 0.2) is 0 Å². The lowest BCUT2D eigenvalue weighted by molar-refractivity contribution is -0.137. The Bertz CT molecular complexity index is 769. The summed E-state index contributed by atoms with van der Waals surface area (Å²) in [6.45, 7) is 1.59. The Kier molecular flexibility index (Phi) is 3.75. The molecule has 0 fully saturated rings. The summed E-state index contributed by atoms with van der Waals surface area (Å²) in [5, 5.41) is -0.350. The first-order valence-corrected chi connectivity index (χ1v) is 7.70. The number of rotatable bonds is 2. The van der Waals surface area contributed by atoms with Crippen molar-refractivity contribution in [3.63, 3.8) is 0 Å². The molecule has 0 amide bonds. The van der Waals surface area contributed by atoms with Crippen LogP contribution in [0.25, 0.3) is 11.3 Å². The average Bonchev–Trinajstić information content (AvgIpc) is 2.36. The highest BCUT2D eigenvalue weighted by molar-refractivity contribution is 7.90. The van der Waals surface area contributed by atoms with E-state index in [-0.39, 0.29) is 10.9 Å². The maximum absolute atomic E-state index is 12.5. The van der Waals surface area contributed by atoms with Crippen molar-refractivity contribution in [2.45, 2.75) is 18.3 Å². The van der Waals surface area contributed by atoms with Crippen LogP contribution in [0.4, 0.5) is 13.2 Å². The van der Waals surface area contributed by atoms with E-state index in [1.165, 1.54) is 18.2 Å². The zero-order valence-corrected chi connectivity index (χ0v) is 12.0. The van der Waals surface area contributed by atoms with Gasteiger partial charge in [0.05, 0.1) is 11.3 Å². The van der Waals surface area contributed by atoms with Crippen molar-refractivity contribution in [3.05, 3.63) is 41.6 Å². The van der Waals surface area contributed by atoms with Crippen molar-refractivity contribution in [2.75, 3.05) is 6.26 Å². The van der Waals surface area contributed by atoms with Gasteiger partial charge in [-0.25, -0.2) is 18.4 Å². The lowest BCUT2D eigenvalue weighted by Crippen LogP contribution is -2.06. The van der Waals surface area contributed by atoms with Crippen LogP contribution in [0.15, 0.2) is 35.5 Å². The summed E-state index contributed by atoms with van der Waals surface area (Å²) in [5.41, 5.74) is 0.288. The number of benzene rings is 1. The first-order valence-electron chi connectivity index (χ1n) is 5.81. The maximum atomic E-state index is 12.5. The molecule has 0 aliphatic carbocycles. The van der Waals surface area contributed by atoms with Gasteiger partial charge in [0.2, 0.25) is 15.0 Å². The number of halogens is 3. The quantitative estimate of drug-likeness (QED) is 0.799. The van der Waals surface area contributed by atoms with Crippen molar-refractivity contribution in [3.8, 4) is 11.3 Å². The Hall–Kier alpha value is -1.96. The summed E-state index contributed by atoms with van der Waals surface area (Å²) in [4.78, 5) is 7.69. The molecule has 1 aromatic carbocycles. The van der Waals surface area contributed by atoms with E-state index in [0.29, 0.717) is 11.3 Å². The van der Waals surface area contributed by atoms with E-state index < -0.39 is 21.6 Å². The van der Waals surface area contributed by atoms with Crippen LogP contribution in [0.2, 0.25) is 0 Å². The lowest BCUT2D eigenvalue weighted by atomic mass is 10.1. The second-order valence-corrected chi connectivity index (χ2v) is 6.43. The SMILES string of the molecule is Cc1cc(-c2ccc(C(F)(F)F)cc2)nc(S(C)(=O)=O)n1. The van der Waals surface area contributed by atoms with Crippen molar-refractivity contribution in [2.24, 2.45) is 0 Å². The van der Waals surface area contributed by atoms with Gasteiger partial charge in [0, 0.05) is 17.5 Å². The monoisotopic (exact) mass is 316 g/mol. The van der Waals surface area contributed by atoms with E-state index in [1.807, 2.05) is 0 Å². The third-order valence-electron chi connectivity index (χ3n) is 2.67. The van der Waals surface area contributed by atoms with Gasteiger partial charge >= 0.3 is 6.18 Å². The Morgan fingerprint density at radius 1 is 1.05 bits per heavy atom. The molecule has 0 radical (unpaired) electrons. The number of hydrogen-bond acceptors (Lipinski definition) is 4. The van der Waals surface area contributed by atoms with Crippen molar-refractivity contribution in [1.29, 1.82) is 0 Å². The van der Waals surface area contributed by atoms with E-state index >= 15 is 0 Å². The van der Waals surface area contributed by atoms with E-state index in [1.54, 1.807) is 6.92 Å². The largest absolute Gasteiger partial charge is 0.416 e. The smallest absolute Gasteiger partial charge is 0.224 e. The predicted octanol–water partition coefficient (Wildman–Crippen LogP) is 2.87. The van der Waals surface area contributed by atoms with E-state index in [0.717, 1.165) is 18.4 Å². The number of alkyl halides is 3. The molecule has 0 spiro atoms. The first-order chi connectivity index (χ1) is 9.57. The Labute approximate surface area is 119 Å². The lowest BCUT2D eigenvalue weighted by Gasteiger charge is -2.08. The molecule has 1 heterocycles. The topological polar surface area (TPSA) is 59.9 Å². The Morgan fingerprint density at radius 2 is 1.62 bits per heavy atom. The van der Waals surface area contributed by atoms with Gasteiger partial charge in [0.1, 0.15) is 0 Å². The molecule has 0 saturated heterocycles. The van der Waals surface area contributed by atoms with Gasteiger partial charge in [-0.3, -0.25) is 0 Å². The molecule has 0 aliphatic rings. The number of sulfone groups is 1. The molecule has 112 valence electrons. The number of aromatic nitrogens is 2. The van der Waals surface area contributed by atoms with Crippen molar-refractivity contribution < 1.29 is 21.6 Å². The van der Waals surface area contributed by atoms with Crippen LogP contribution in [-0.4, -0.2) is 24.6 Å². The van der Waals surface area contributed by atoms with Gasteiger partial charge in [-0.1, -0.05) is 12.1 Å². The Morgan fingerprint density at radius 3 is 2.10 bits per heavy atom. The van der Waals surface area contributed by atoms with Crippen LogP contribution in [0.5, 0.6) is 0 Å². The minimum Gasteiger partial charge on any atom is -0.224 e. The summed E-state index contributed by atoms with van der Waals surface area (Å²) in [7, 11) is -3.59. The molecule has 8 heteroatoms. The molecule has 0 N–H and O–H groups in total. The van der Waals surface area contributed by atoms with Crippen LogP contribution in [0, 0.1) is 6.92 Å². The summed E-state index contributed by atoms with van der Waals surface area (Å²) in [5.74, 6) is 0. The van der Waals surface area contributed by atoms with Gasteiger partial charge in [0.25, 0.3) is 0 Å². The van der Waals surface area contributed by atoms with E-state index in [4.69, 9.17) is 0 Å². The third kappa shape index (κ3) is 3.57. The number of nitrogens with zero attached hydrogens (tertiary/aromatic N) is 2. The zero-order valence-electron chi connectivity index (χ0n) is 11.1. The first kappa shape index (κ1) is 15.4. The van der Waals surface area contributed by atoms with Crippen LogP contribution in [0.1, 0.15) is 11.3 Å². The molecule has 0 aliphatic heterocycles. The molecule has 4 nitrogen and oxygen atoms in total. The van der Waals surface area contributed by atoms with Gasteiger partial charge in [-0.05, 0) is 25.1 Å². The van der Waals surface area contributed by atoms with E-state index in [9.17, 15) is 21.6 Å². The Balaban J connectivity index is 2.50. The van der Waals surface area contributed by atoms with Crippen LogP contribution >= 0.6 is 0 Å². The van der Waals surface area contributed by atoms with Crippen LogP contribution in [0.3, 0.4) is 0 Å². The number of hydrogen-bond donors (Lipinski definition) is 0. The fourth-order valence-electron chi connectivity index (χ4n) is 1.68. The minimum atomic E-state index is -4.42. The molecule has 21 heavy (non-hydrogen) atoms. The molecule has 2 rings (SSSR count). The van der Waals surface area contributed by atoms with Crippen LogP contribution < -0.4 is 0 Å². The third-order valence-corrected chi connectivity index (χ3v) is 3.52. The van der Waals surface area contributed by atoms with Crippen molar-refractivity contribution in [1.82, 2.24) is 9.97 Å². The highest BCUT2D eigenvalue weighted by Crippen LogP contribution is 2.30. The second-order valence-electron chi connectivity index (χ2n) is 4.52. The number of aryl methyl sites for hydroxylation is 1. The summed E-state index contributed by atoms with van der Waals surface area (Å²) < 4.78 is 60.5. The fraction of sp³-hybridized carbons (Fsp3) is 0.231. The molecule has 2 aromatic rings. The standard InChI is InChI=1S/C13H11F3N2O2S/c1-8-7-11(18-12(17-8)21(2,19)20)9-3-5-10(6-4-9)13(14,15)16/h3-7H,1-2H3. The minimum absolute atomic E-state index is 0.261. The normalized spacial score (nSPS) is 12.4. The van der Waals surface area contributed by atoms with E-state index in [2.05, 4.69) is 9.97 Å². The molecule has 0 atom stereocenters. The molecule has 1 aromatic heterocycles. The van der Waals surface area contributed by atoms with Gasteiger partial charge < -0.3 is 0 Å². The summed E-state index contributed by atoms with van der Waals surface area (Å²) in [6, 6.07) is 5.85. The molecule has 0 saturated carbocycles. The molecular formula is C13H11F3N2O2S. The maximum Gasteiger partial charge on any atom is 0.416 e. The molecule has 0 bridgehead atoms. The second kappa shape index (κ2) is 5.10. The fourth-order valence-corrected chi connectivity index (χ4v) is 2.26. The van der Waals surface area contributed by atoms with Crippen LogP contribution in [-0.2, 0) is 16.0 Å². The molecule has 0 unspecified atom stereocenters. The van der Waals surface area contributed by atoms with Gasteiger partial charge in [-0.2, -0.15) is 13.2 Å². The molecular weight excluding hydrogens is 305 g/mol. The average molecular weight is 316 g/mol. The highest BCUT2D eigenvalue weighted by atomic mass is 32.2. The van der Waals surface area contributed by atoms with Gasteiger partial charge in [-0.15, -0.1) is 0 Å². The summed E-state index contributed by atoms with van der Waals surface area (Å²) in [6.07, 6.45) is -3.45. The predicted molar refractivity (Wildman–Crippen MR) is 70.3 cm³/mol. The summed E-state index contributed by atoms with van der Waals surface area (Å²) >= 11 is 0. The highest BCUT2D eigenvalue weighted by Gasteiger charge is 2.30.